The summed E-state index contributed by atoms with van der Waals surface area (Å²) in [5.41, 5.74) is 0. The zero-order valence-electron chi connectivity index (χ0n) is 14.5. The van der Waals surface area contributed by atoms with Crippen LogP contribution in [0.15, 0.2) is 0 Å². The molecule has 0 saturated carbocycles. The topological polar surface area (TPSA) is 54.0 Å². The summed E-state index contributed by atoms with van der Waals surface area (Å²) >= 11 is 0. The summed E-state index contributed by atoms with van der Waals surface area (Å²) in [6, 6.07) is 0. The van der Waals surface area contributed by atoms with E-state index >= 15 is 0 Å². The summed E-state index contributed by atoms with van der Waals surface area (Å²) < 4.78 is 60.6. The van der Waals surface area contributed by atoms with Crippen LogP contribution >= 0.6 is 0 Å². The van der Waals surface area contributed by atoms with E-state index < -0.39 is 53.2 Å². The van der Waals surface area contributed by atoms with Gasteiger partial charge in [0.25, 0.3) is 5.78 Å². The maximum Gasteiger partial charge on any atom is 0.452 e. The third kappa shape index (κ3) is 5.94. The number of ketones is 1. The number of alkyl halides is 3. The highest BCUT2D eigenvalue weighted by atomic mass is 28.4. The van der Waals surface area contributed by atoms with Crippen LogP contribution in [0.1, 0.15) is 0 Å². The van der Waals surface area contributed by atoms with E-state index in [2.05, 4.69) is 0 Å². The van der Waals surface area contributed by atoms with Gasteiger partial charge in [-0.25, -0.2) is 0 Å². The van der Waals surface area contributed by atoms with Crippen LogP contribution in [0.25, 0.3) is 0 Å². The fourth-order valence-electron chi connectivity index (χ4n) is 2.26. The van der Waals surface area contributed by atoms with Crippen molar-refractivity contribution in [2.45, 2.75) is 70.1 Å². The van der Waals surface area contributed by atoms with E-state index in [9.17, 15) is 18.0 Å². The zero-order valence-corrected chi connectivity index (χ0v) is 16.5. The Kier molecular flexibility index (Phi) is 6.26. The molecule has 10 heteroatoms. The molecule has 1 saturated heterocycles. The molecule has 1 fully saturated rings. The Labute approximate surface area is 136 Å². The molecule has 0 aromatic carbocycles. The number of hydrogen-bond donors (Lipinski definition) is 0. The molecule has 0 unspecified atom stereocenters. The predicted molar refractivity (Wildman–Crippen MR) is 83.2 cm³/mol. The molecule has 4 atom stereocenters. The molecule has 1 heterocycles. The maximum atomic E-state index is 12.9. The molecule has 1 rings (SSSR count). The first-order chi connectivity index (χ1) is 10.2. The van der Waals surface area contributed by atoms with Crippen LogP contribution in [0.3, 0.4) is 0 Å². The SMILES string of the molecule is CO[C@H]1O[C@H](C(=O)C(F)(F)F)[C@@H](O[Si](C)(C)C)[C@@H]1O[Si](C)(C)C. The molecule has 136 valence electrons. The summed E-state index contributed by atoms with van der Waals surface area (Å²) in [5.74, 6) is -1.97. The standard InChI is InChI=1S/C13H25F3O5Si2/c1-18-12-10(21-23(5,6)7)8(20-22(2,3)4)9(19-12)11(17)13(14,15)16/h8-10,12H,1-7H3/t8-,9+,10+,12+/m1/s1. The lowest BCUT2D eigenvalue weighted by atomic mass is 10.1. The second-order valence-electron chi connectivity index (χ2n) is 7.41. The van der Waals surface area contributed by atoms with Crippen LogP contribution in [0.5, 0.6) is 0 Å². The third-order valence-corrected chi connectivity index (χ3v) is 4.88. The molecular formula is C13H25F3O5Si2. The minimum Gasteiger partial charge on any atom is -0.409 e. The van der Waals surface area contributed by atoms with Gasteiger partial charge in [0, 0.05) is 7.11 Å². The van der Waals surface area contributed by atoms with Gasteiger partial charge in [-0.15, -0.1) is 0 Å². The summed E-state index contributed by atoms with van der Waals surface area (Å²) in [4.78, 5) is 11.7. The highest BCUT2D eigenvalue weighted by Gasteiger charge is 2.57. The number of carbonyl (C=O) groups excluding carboxylic acids is 1. The lowest BCUT2D eigenvalue weighted by Gasteiger charge is -2.33. The number of carbonyl (C=O) groups is 1. The first-order valence-corrected chi connectivity index (χ1v) is 14.1. The molecule has 0 radical (unpaired) electrons. The van der Waals surface area contributed by atoms with E-state index in [4.69, 9.17) is 18.3 Å². The molecular weight excluding hydrogens is 349 g/mol. The summed E-state index contributed by atoms with van der Waals surface area (Å²) in [7, 11) is -3.07. The van der Waals surface area contributed by atoms with Crippen molar-refractivity contribution in [3.05, 3.63) is 0 Å². The van der Waals surface area contributed by atoms with Gasteiger partial charge in [0.2, 0.25) is 0 Å². The van der Waals surface area contributed by atoms with Crippen molar-refractivity contribution in [2.75, 3.05) is 7.11 Å². The maximum absolute atomic E-state index is 12.9. The van der Waals surface area contributed by atoms with Gasteiger partial charge in [-0.1, -0.05) is 0 Å². The van der Waals surface area contributed by atoms with Crippen molar-refractivity contribution in [1.82, 2.24) is 0 Å². The number of halogens is 3. The van der Waals surface area contributed by atoms with Crippen LogP contribution in [0.2, 0.25) is 39.3 Å². The van der Waals surface area contributed by atoms with E-state index in [1.165, 1.54) is 7.11 Å². The lowest BCUT2D eigenvalue weighted by molar-refractivity contribution is -0.194. The first kappa shape index (κ1) is 20.8. The number of Topliss-reactive ketones (excluding diaryl/α,β-unsaturated/α-hetero) is 1. The summed E-state index contributed by atoms with van der Waals surface area (Å²) in [6.07, 6.45) is -9.84. The molecule has 5 nitrogen and oxygen atoms in total. The van der Waals surface area contributed by atoms with Crippen molar-refractivity contribution in [3.8, 4) is 0 Å². The molecule has 1 aliphatic heterocycles. The van der Waals surface area contributed by atoms with Crippen molar-refractivity contribution in [3.63, 3.8) is 0 Å². The van der Waals surface area contributed by atoms with Gasteiger partial charge < -0.3 is 18.3 Å². The van der Waals surface area contributed by atoms with Crippen LogP contribution in [0, 0.1) is 0 Å². The quantitative estimate of drug-likeness (QED) is 0.669. The normalized spacial score (nSPS) is 29.8. The van der Waals surface area contributed by atoms with Gasteiger partial charge in [0.15, 0.2) is 29.0 Å². The second kappa shape index (κ2) is 6.92. The monoisotopic (exact) mass is 374 g/mol. The van der Waals surface area contributed by atoms with Gasteiger partial charge in [-0.05, 0) is 39.3 Å². The first-order valence-electron chi connectivity index (χ1n) is 7.30. The van der Waals surface area contributed by atoms with Crippen LogP contribution < -0.4 is 0 Å². The van der Waals surface area contributed by atoms with Crippen molar-refractivity contribution >= 4 is 22.4 Å². The Hall–Kier alpha value is -0.266. The van der Waals surface area contributed by atoms with E-state index in [-0.39, 0.29) is 0 Å². The van der Waals surface area contributed by atoms with E-state index in [1.807, 2.05) is 39.3 Å². The Morgan fingerprint density at radius 3 is 1.74 bits per heavy atom. The molecule has 23 heavy (non-hydrogen) atoms. The minimum atomic E-state index is -5.00. The molecule has 0 amide bonds. The van der Waals surface area contributed by atoms with Gasteiger partial charge in [-0.2, -0.15) is 13.2 Å². The van der Waals surface area contributed by atoms with Crippen molar-refractivity contribution < 1.29 is 36.3 Å². The molecule has 0 bridgehead atoms. The Balaban J connectivity index is 3.17. The van der Waals surface area contributed by atoms with E-state index in [0.717, 1.165) is 0 Å². The molecule has 1 aliphatic rings. The average molecular weight is 375 g/mol. The fraction of sp³-hybridized carbons (Fsp3) is 0.923. The largest absolute Gasteiger partial charge is 0.452 e. The average Bonchev–Trinajstić information content (AvgIpc) is 2.61. The summed E-state index contributed by atoms with van der Waals surface area (Å²) in [5, 5.41) is 0. The third-order valence-electron chi connectivity index (χ3n) is 2.92. The van der Waals surface area contributed by atoms with Crippen LogP contribution in [-0.2, 0) is 23.1 Å². The molecule has 0 aliphatic carbocycles. The van der Waals surface area contributed by atoms with Gasteiger partial charge in [-0.3, -0.25) is 4.79 Å². The zero-order chi connectivity index (χ0) is 18.2. The Morgan fingerprint density at radius 2 is 1.39 bits per heavy atom. The van der Waals surface area contributed by atoms with Gasteiger partial charge >= 0.3 is 6.18 Å². The molecule has 0 aromatic rings. The predicted octanol–water partition coefficient (Wildman–Crippen LogP) is 2.93. The Bertz CT molecular complexity index is 431. The van der Waals surface area contributed by atoms with Crippen molar-refractivity contribution in [2.24, 2.45) is 0 Å². The van der Waals surface area contributed by atoms with Crippen LogP contribution in [-0.4, -0.2) is 60.3 Å². The fourth-order valence-corrected chi connectivity index (χ4v) is 4.39. The minimum absolute atomic E-state index is 0.866. The molecule has 0 spiro atoms. The molecule has 0 N–H and O–H groups in total. The number of methoxy groups -OCH3 is 1. The lowest BCUT2D eigenvalue weighted by Crippen LogP contribution is -2.51. The van der Waals surface area contributed by atoms with Gasteiger partial charge in [0.05, 0.1) is 0 Å². The number of rotatable bonds is 6. The Morgan fingerprint density at radius 1 is 0.957 bits per heavy atom. The highest BCUT2D eigenvalue weighted by molar-refractivity contribution is 6.70. The number of hydrogen-bond acceptors (Lipinski definition) is 5. The smallest absolute Gasteiger partial charge is 0.409 e. The highest BCUT2D eigenvalue weighted by Crippen LogP contribution is 2.35. The second-order valence-corrected chi connectivity index (χ2v) is 16.3. The number of ether oxygens (including phenoxy) is 2. The van der Waals surface area contributed by atoms with Crippen LogP contribution in [0.4, 0.5) is 13.2 Å². The summed E-state index contributed by atoms with van der Waals surface area (Å²) in [6.45, 7) is 11.2. The van der Waals surface area contributed by atoms with Gasteiger partial charge in [0.1, 0.15) is 12.2 Å². The van der Waals surface area contributed by atoms with E-state index in [1.54, 1.807) is 0 Å². The van der Waals surface area contributed by atoms with E-state index in [0.29, 0.717) is 0 Å². The van der Waals surface area contributed by atoms with Crippen molar-refractivity contribution in [1.29, 1.82) is 0 Å². The molecule has 0 aromatic heterocycles.